The Labute approximate surface area is 97.7 Å². The fourth-order valence-electron chi connectivity index (χ4n) is 0.991. The van der Waals surface area contributed by atoms with Crippen LogP contribution in [0.5, 0.6) is 5.75 Å². The Morgan fingerprint density at radius 2 is 2.27 bits per heavy atom. The van der Waals surface area contributed by atoms with Gasteiger partial charge in [0, 0.05) is 11.6 Å². The molecular formula is C11H12BrNO2. The lowest BCUT2D eigenvalue weighted by molar-refractivity contribution is 0.0715. The lowest BCUT2D eigenvalue weighted by Gasteiger charge is -2.12. The summed E-state index contributed by atoms with van der Waals surface area (Å²) in [4.78, 5) is 0. The molecule has 0 heterocycles. The number of halogens is 1. The SMILES string of the molecule is COC(C)COc1ccc(Br)cc1C#N. The van der Waals surface area contributed by atoms with E-state index < -0.39 is 0 Å². The summed E-state index contributed by atoms with van der Waals surface area (Å²) in [5.74, 6) is 0.588. The largest absolute Gasteiger partial charge is 0.490 e. The van der Waals surface area contributed by atoms with Crippen molar-refractivity contribution in [1.29, 1.82) is 5.26 Å². The maximum atomic E-state index is 8.88. The number of nitriles is 1. The minimum atomic E-state index is 0.0141. The lowest BCUT2D eigenvalue weighted by Crippen LogP contribution is -2.16. The molecule has 0 radical (unpaired) electrons. The van der Waals surface area contributed by atoms with Gasteiger partial charge in [0.25, 0.3) is 0 Å². The summed E-state index contributed by atoms with van der Waals surface area (Å²) >= 11 is 3.30. The van der Waals surface area contributed by atoms with E-state index >= 15 is 0 Å². The van der Waals surface area contributed by atoms with Crippen LogP contribution < -0.4 is 4.74 Å². The van der Waals surface area contributed by atoms with Gasteiger partial charge in [0.05, 0.1) is 11.7 Å². The molecule has 0 aliphatic carbocycles. The third-order valence-electron chi connectivity index (χ3n) is 1.94. The van der Waals surface area contributed by atoms with Gasteiger partial charge in [-0.05, 0) is 25.1 Å². The van der Waals surface area contributed by atoms with Crippen LogP contribution in [0.4, 0.5) is 0 Å². The highest BCUT2D eigenvalue weighted by molar-refractivity contribution is 9.10. The number of nitrogens with zero attached hydrogens (tertiary/aromatic N) is 1. The van der Waals surface area contributed by atoms with Crippen molar-refractivity contribution in [2.75, 3.05) is 13.7 Å². The second kappa shape index (κ2) is 5.74. The van der Waals surface area contributed by atoms with Crippen molar-refractivity contribution in [3.8, 4) is 11.8 Å². The van der Waals surface area contributed by atoms with Gasteiger partial charge in [-0.2, -0.15) is 5.26 Å². The van der Waals surface area contributed by atoms with Crippen molar-refractivity contribution in [3.05, 3.63) is 28.2 Å². The van der Waals surface area contributed by atoms with Crippen LogP contribution in [0.2, 0.25) is 0 Å². The van der Waals surface area contributed by atoms with Crippen LogP contribution in [-0.2, 0) is 4.74 Å². The van der Waals surface area contributed by atoms with E-state index in [2.05, 4.69) is 22.0 Å². The van der Waals surface area contributed by atoms with E-state index in [9.17, 15) is 0 Å². The molecule has 1 aromatic rings. The molecule has 15 heavy (non-hydrogen) atoms. The average Bonchev–Trinajstić information content (AvgIpc) is 2.26. The molecule has 1 aromatic carbocycles. The summed E-state index contributed by atoms with van der Waals surface area (Å²) in [6, 6.07) is 7.42. The van der Waals surface area contributed by atoms with Crippen molar-refractivity contribution in [3.63, 3.8) is 0 Å². The molecule has 0 aromatic heterocycles. The maximum Gasteiger partial charge on any atom is 0.137 e. The minimum Gasteiger partial charge on any atom is -0.490 e. The predicted octanol–water partition coefficient (Wildman–Crippen LogP) is 2.73. The first kappa shape index (κ1) is 12.0. The van der Waals surface area contributed by atoms with Crippen LogP contribution in [0, 0.1) is 11.3 Å². The van der Waals surface area contributed by atoms with Crippen molar-refractivity contribution in [1.82, 2.24) is 0 Å². The molecule has 0 amide bonds. The highest BCUT2D eigenvalue weighted by Crippen LogP contribution is 2.22. The van der Waals surface area contributed by atoms with E-state index in [1.807, 2.05) is 13.0 Å². The highest BCUT2D eigenvalue weighted by Gasteiger charge is 2.06. The maximum absolute atomic E-state index is 8.88. The standard InChI is InChI=1S/C11H12BrNO2/c1-8(14-2)7-15-11-4-3-10(12)5-9(11)6-13/h3-5,8H,7H2,1-2H3. The Kier molecular flexibility index (Phi) is 4.60. The quantitative estimate of drug-likeness (QED) is 0.844. The smallest absolute Gasteiger partial charge is 0.137 e. The number of rotatable bonds is 4. The Hall–Kier alpha value is -1.05. The Balaban J connectivity index is 2.73. The second-order valence-electron chi connectivity index (χ2n) is 3.11. The third kappa shape index (κ3) is 3.54. The fourth-order valence-corrected chi connectivity index (χ4v) is 1.35. The van der Waals surface area contributed by atoms with Gasteiger partial charge in [0.2, 0.25) is 0 Å². The van der Waals surface area contributed by atoms with Crippen LogP contribution in [0.1, 0.15) is 12.5 Å². The minimum absolute atomic E-state index is 0.0141. The second-order valence-corrected chi connectivity index (χ2v) is 4.03. The van der Waals surface area contributed by atoms with Crippen molar-refractivity contribution >= 4 is 15.9 Å². The van der Waals surface area contributed by atoms with Crippen molar-refractivity contribution in [2.24, 2.45) is 0 Å². The zero-order valence-electron chi connectivity index (χ0n) is 8.66. The molecule has 0 saturated heterocycles. The molecule has 0 saturated carbocycles. The average molecular weight is 270 g/mol. The van der Waals surface area contributed by atoms with Gasteiger partial charge in [0.15, 0.2) is 0 Å². The molecular weight excluding hydrogens is 258 g/mol. The molecule has 0 aliphatic heterocycles. The van der Waals surface area contributed by atoms with Gasteiger partial charge >= 0.3 is 0 Å². The molecule has 80 valence electrons. The van der Waals surface area contributed by atoms with Gasteiger partial charge in [-0.3, -0.25) is 0 Å². The van der Waals surface area contributed by atoms with E-state index in [4.69, 9.17) is 14.7 Å². The van der Waals surface area contributed by atoms with Crippen molar-refractivity contribution < 1.29 is 9.47 Å². The van der Waals surface area contributed by atoms with Gasteiger partial charge in [0.1, 0.15) is 18.4 Å². The van der Waals surface area contributed by atoms with Crippen LogP contribution in [-0.4, -0.2) is 19.8 Å². The third-order valence-corrected chi connectivity index (χ3v) is 2.43. The molecule has 0 aliphatic rings. The molecule has 1 unspecified atom stereocenters. The summed E-state index contributed by atoms with van der Waals surface area (Å²) in [6.45, 7) is 2.34. The summed E-state index contributed by atoms with van der Waals surface area (Å²) in [5.41, 5.74) is 0.521. The first-order valence-electron chi connectivity index (χ1n) is 4.52. The molecule has 1 atom stereocenters. The zero-order chi connectivity index (χ0) is 11.3. The van der Waals surface area contributed by atoms with E-state index in [1.54, 1.807) is 19.2 Å². The summed E-state index contributed by atoms with van der Waals surface area (Å²) in [6.07, 6.45) is 0.0141. The summed E-state index contributed by atoms with van der Waals surface area (Å²) in [5, 5.41) is 8.88. The zero-order valence-corrected chi connectivity index (χ0v) is 10.2. The first-order valence-corrected chi connectivity index (χ1v) is 5.32. The fraction of sp³-hybridized carbons (Fsp3) is 0.364. The molecule has 4 heteroatoms. The Morgan fingerprint density at radius 1 is 1.53 bits per heavy atom. The summed E-state index contributed by atoms with van der Waals surface area (Å²) in [7, 11) is 1.63. The van der Waals surface area contributed by atoms with Crippen molar-refractivity contribution in [2.45, 2.75) is 13.0 Å². The van der Waals surface area contributed by atoms with E-state index in [0.717, 1.165) is 4.47 Å². The number of hydrogen-bond donors (Lipinski definition) is 0. The Bertz CT molecular complexity index is 373. The molecule has 0 fully saturated rings. The van der Waals surface area contributed by atoms with Gasteiger partial charge in [-0.15, -0.1) is 0 Å². The lowest BCUT2D eigenvalue weighted by atomic mass is 10.2. The van der Waals surface area contributed by atoms with Gasteiger partial charge < -0.3 is 9.47 Å². The predicted molar refractivity (Wildman–Crippen MR) is 60.8 cm³/mol. The van der Waals surface area contributed by atoms with Crippen LogP contribution in [0.3, 0.4) is 0 Å². The molecule has 0 bridgehead atoms. The van der Waals surface area contributed by atoms with Gasteiger partial charge in [-0.1, -0.05) is 15.9 Å². The number of hydrogen-bond acceptors (Lipinski definition) is 3. The molecule has 0 N–H and O–H groups in total. The van der Waals surface area contributed by atoms with Crippen LogP contribution in [0.15, 0.2) is 22.7 Å². The summed E-state index contributed by atoms with van der Waals surface area (Å²) < 4.78 is 11.4. The normalized spacial score (nSPS) is 11.9. The number of methoxy groups -OCH3 is 1. The molecule has 0 spiro atoms. The molecule has 3 nitrogen and oxygen atoms in total. The van der Waals surface area contributed by atoms with Crippen LogP contribution in [0.25, 0.3) is 0 Å². The Morgan fingerprint density at radius 3 is 2.87 bits per heavy atom. The highest BCUT2D eigenvalue weighted by atomic mass is 79.9. The van der Waals surface area contributed by atoms with Gasteiger partial charge in [-0.25, -0.2) is 0 Å². The number of ether oxygens (including phenoxy) is 2. The molecule has 1 rings (SSSR count). The monoisotopic (exact) mass is 269 g/mol. The number of benzene rings is 1. The van der Waals surface area contributed by atoms with E-state index in [0.29, 0.717) is 17.9 Å². The first-order chi connectivity index (χ1) is 7.17. The van der Waals surface area contributed by atoms with E-state index in [1.165, 1.54) is 0 Å². The van der Waals surface area contributed by atoms with Crippen LogP contribution >= 0.6 is 15.9 Å². The van der Waals surface area contributed by atoms with E-state index in [-0.39, 0.29) is 6.10 Å². The topological polar surface area (TPSA) is 42.2 Å².